The molecule has 322 valence electrons. The van der Waals surface area contributed by atoms with Crippen molar-refractivity contribution < 1.29 is 47.5 Å². The maximum Gasteiger partial charge on any atom is 0.303 e. The number of rotatable bonds is 29. The zero-order valence-electron chi connectivity index (χ0n) is 34.7. The third-order valence-electron chi connectivity index (χ3n) is 9.94. The molecule has 0 aliphatic carbocycles. The van der Waals surface area contributed by atoms with Crippen molar-refractivity contribution >= 4 is 40.5 Å². The van der Waals surface area contributed by atoms with E-state index in [-0.39, 0.29) is 19.8 Å². The number of halogens is 1. The fraction of sp³-hybridized carbons (Fsp3) is 0.659. The van der Waals surface area contributed by atoms with Crippen molar-refractivity contribution in [1.82, 2.24) is 0 Å². The molecule has 0 radical (unpaired) electrons. The largest absolute Gasteiger partial charge is 0.463 e. The molecule has 1 aliphatic rings. The van der Waals surface area contributed by atoms with Gasteiger partial charge in [-0.05, 0) is 23.1 Å². The van der Waals surface area contributed by atoms with Crippen molar-refractivity contribution in [2.24, 2.45) is 5.11 Å². The van der Waals surface area contributed by atoms with E-state index in [0.717, 1.165) is 30.4 Å². The number of unbranched alkanes of at least 4 members (excludes halogenated alkanes) is 11. The van der Waals surface area contributed by atoms with Crippen LogP contribution in [0, 0.1) is 0 Å². The molecule has 0 aromatic heterocycles. The molecule has 1 aliphatic heterocycles. The number of ether oxygens (including phenoxy) is 7. The highest BCUT2D eigenvalue weighted by atomic mass is 127. The molecular formula is C44H64IN3O10. The number of hydrogen-bond acceptors (Lipinski definition) is 11. The highest BCUT2D eigenvalue weighted by Gasteiger charge is 2.50. The molecule has 58 heavy (non-hydrogen) atoms. The van der Waals surface area contributed by atoms with E-state index in [1.165, 1.54) is 78.6 Å². The maximum atomic E-state index is 12.2. The predicted molar refractivity (Wildman–Crippen MR) is 229 cm³/mol. The van der Waals surface area contributed by atoms with Crippen molar-refractivity contribution in [3.63, 3.8) is 0 Å². The fourth-order valence-corrected chi connectivity index (χ4v) is 7.92. The average Bonchev–Trinajstić information content (AvgIpc) is 3.20. The van der Waals surface area contributed by atoms with Crippen LogP contribution in [0.15, 0.2) is 65.8 Å². The summed E-state index contributed by atoms with van der Waals surface area (Å²) >= 11 is 2.03. The quantitative estimate of drug-likeness (QED) is 0.0112. The van der Waals surface area contributed by atoms with Gasteiger partial charge in [-0.1, -0.05) is 172 Å². The Hall–Kier alpha value is -3.27. The Labute approximate surface area is 358 Å². The maximum absolute atomic E-state index is 12.2. The molecule has 0 unspecified atom stereocenters. The summed E-state index contributed by atoms with van der Waals surface area (Å²) in [5.41, 5.74) is 11.8. The van der Waals surface area contributed by atoms with Crippen LogP contribution >= 0.6 is 22.6 Å². The minimum atomic E-state index is -1.08. The number of nitrogens with zero attached hydrogens (tertiary/aromatic N) is 3. The Bertz CT molecular complexity index is 1500. The van der Waals surface area contributed by atoms with Crippen LogP contribution in [0.1, 0.15) is 122 Å². The summed E-state index contributed by atoms with van der Waals surface area (Å²) < 4.78 is 41.7. The highest BCUT2D eigenvalue weighted by Crippen LogP contribution is 2.33. The first-order valence-corrected chi connectivity index (χ1v) is 22.1. The molecular weight excluding hydrogens is 857 g/mol. The lowest BCUT2D eigenvalue weighted by Gasteiger charge is -2.43. The van der Waals surface area contributed by atoms with E-state index < -0.39 is 64.7 Å². The van der Waals surface area contributed by atoms with Crippen LogP contribution < -0.4 is 0 Å². The second kappa shape index (κ2) is 29.0. The zero-order chi connectivity index (χ0) is 42.0. The summed E-state index contributed by atoms with van der Waals surface area (Å²) in [6.07, 6.45) is 9.98. The fourth-order valence-electron chi connectivity index (χ4n) is 6.99. The number of azide groups is 1. The van der Waals surface area contributed by atoms with Gasteiger partial charge >= 0.3 is 17.9 Å². The summed E-state index contributed by atoms with van der Waals surface area (Å²) in [7, 11) is 0. The summed E-state index contributed by atoms with van der Waals surface area (Å²) in [5, 5.41) is 4.20. The van der Waals surface area contributed by atoms with Gasteiger partial charge in [0.05, 0.1) is 38.1 Å². The molecule has 1 fully saturated rings. The molecule has 3 rings (SSSR count). The van der Waals surface area contributed by atoms with E-state index in [2.05, 4.69) is 16.9 Å². The first kappa shape index (κ1) is 49.1. The molecule has 0 amide bonds. The van der Waals surface area contributed by atoms with Crippen molar-refractivity contribution in [3.05, 3.63) is 82.2 Å². The van der Waals surface area contributed by atoms with E-state index in [0.29, 0.717) is 13.0 Å². The van der Waals surface area contributed by atoms with Gasteiger partial charge in [0.2, 0.25) is 0 Å². The molecule has 1 heterocycles. The van der Waals surface area contributed by atoms with Crippen molar-refractivity contribution in [2.75, 3.05) is 13.2 Å². The third kappa shape index (κ3) is 19.2. The first-order valence-electron chi connectivity index (χ1n) is 20.9. The zero-order valence-corrected chi connectivity index (χ0v) is 36.9. The second-order valence-electron chi connectivity index (χ2n) is 14.8. The van der Waals surface area contributed by atoms with Crippen LogP contribution in [0.4, 0.5) is 0 Å². The summed E-state index contributed by atoms with van der Waals surface area (Å²) in [6.45, 7) is 6.11. The van der Waals surface area contributed by atoms with E-state index in [1.807, 2.05) is 83.3 Å². The van der Waals surface area contributed by atoms with Crippen molar-refractivity contribution in [1.29, 1.82) is 0 Å². The van der Waals surface area contributed by atoms with Gasteiger partial charge in [0, 0.05) is 25.7 Å². The number of carbonyl (C=O) groups is 3. The van der Waals surface area contributed by atoms with Crippen LogP contribution in [0.5, 0.6) is 0 Å². The summed E-state index contributed by atoms with van der Waals surface area (Å²) in [6, 6.07) is 18.8. The van der Waals surface area contributed by atoms with E-state index in [9.17, 15) is 19.9 Å². The second-order valence-corrected chi connectivity index (χ2v) is 16.3. The molecule has 0 bridgehead atoms. The van der Waals surface area contributed by atoms with Gasteiger partial charge in [-0.25, -0.2) is 0 Å². The van der Waals surface area contributed by atoms with Gasteiger partial charge in [0.1, 0.15) is 16.6 Å². The van der Waals surface area contributed by atoms with Gasteiger partial charge in [0.15, 0.2) is 18.5 Å². The number of hydrogen-bond donors (Lipinski definition) is 0. The number of benzene rings is 2. The van der Waals surface area contributed by atoms with Gasteiger partial charge in [-0.3, -0.25) is 14.4 Å². The molecule has 1 saturated heterocycles. The van der Waals surface area contributed by atoms with Gasteiger partial charge in [0.25, 0.3) is 0 Å². The van der Waals surface area contributed by atoms with E-state index in [4.69, 9.17) is 33.2 Å². The standard InChI is InChI=1S/C44H64IN3O10/c1-5-6-7-8-9-10-11-12-13-14-15-22-27-38(53-28-35-23-18-16-19-24-35)41(54-29-36-25-20-17-21-26-36)37(47-48-46)30-55-44-40(45)43(57-34(4)51)42(56-33(3)50)39(58-44)31-52-32(2)49/h16-21,23-26,37-44H,5-15,22,27-31H2,1-4H3/t37-,38+,39+,40+,41-,42-,43+,44+/m0/s1. The van der Waals surface area contributed by atoms with E-state index in [1.54, 1.807) is 0 Å². The Morgan fingerprint density at radius 2 is 1.26 bits per heavy atom. The third-order valence-corrected chi connectivity index (χ3v) is 11.2. The minimum Gasteiger partial charge on any atom is -0.463 e. The summed E-state index contributed by atoms with van der Waals surface area (Å²) in [4.78, 5) is 39.4. The first-order chi connectivity index (χ1) is 28.1. The van der Waals surface area contributed by atoms with Crippen LogP contribution in [-0.4, -0.2) is 77.9 Å². The topological polar surface area (TPSA) is 165 Å². The van der Waals surface area contributed by atoms with Gasteiger partial charge in [-0.2, -0.15) is 0 Å². The molecule has 2 aromatic rings. The van der Waals surface area contributed by atoms with Crippen LogP contribution in [-0.2, 0) is 60.8 Å². The van der Waals surface area contributed by atoms with Crippen LogP contribution in [0.3, 0.4) is 0 Å². The Kier molecular flexibility index (Phi) is 24.6. The van der Waals surface area contributed by atoms with Crippen LogP contribution in [0.25, 0.3) is 10.4 Å². The number of esters is 3. The Morgan fingerprint density at radius 1 is 0.741 bits per heavy atom. The van der Waals surface area contributed by atoms with E-state index >= 15 is 0 Å². The predicted octanol–water partition coefficient (Wildman–Crippen LogP) is 9.90. The average molecular weight is 922 g/mol. The van der Waals surface area contributed by atoms with Gasteiger partial charge in [-0.15, -0.1) is 0 Å². The lowest BCUT2D eigenvalue weighted by Crippen LogP contribution is -2.60. The lowest BCUT2D eigenvalue weighted by atomic mass is 9.98. The normalized spacial score (nSPS) is 20.6. The highest BCUT2D eigenvalue weighted by molar-refractivity contribution is 14.1. The molecule has 13 nitrogen and oxygen atoms in total. The Balaban J connectivity index is 1.81. The van der Waals surface area contributed by atoms with Gasteiger partial charge < -0.3 is 33.2 Å². The molecule has 2 aromatic carbocycles. The molecule has 0 spiro atoms. The SMILES string of the molecule is CCCCCCCCCCCCCC[C@@H](OCc1ccccc1)[C@@H](OCc1ccccc1)[C@H](CO[C@@H]1O[C@H](COC(C)=O)[C@H](OC(C)=O)[C@H](OC(C)=O)[C@H]1I)N=[N+]=[N-]. The number of carbonyl (C=O) groups excluding carboxylic acids is 3. The summed E-state index contributed by atoms with van der Waals surface area (Å²) in [5.74, 6) is -1.80. The lowest BCUT2D eigenvalue weighted by molar-refractivity contribution is -0.262. The number of alkyl halides is 1. The molecule has 8 atom stereocenters. The van der Waals surface area contributed by atoms with Crippen LogP contribution in [0.2, 0.25) is 0 Å². The molecule has 0 N–H and O–H groups in total. The molecule has 14 heteroatoms. The minimum absolute atomic E-state index is 0.150. The monoisotopic (exact) mass is 921 g/mol. The molecule has 0 saturated carbocycles. The smallest absolute Gasteiger partial charge is 0.303 e. The van der Waals surface area contributed by atoms with Crippen molar-refractivity contribution in [2.45, 2.75) is 171 Å². The Morgan fingerprint density at radius 3 is 1.78 bits per heavy atom. The van der Waals surface area contributed by atoms with Crippen molar-refractivity contribution in [3.8, 4) is 0 Å².